The van der Waals surface area contributed by atoms with Crippen LogP contribution in [0.2, 0.25) is 0 Å². The highest BCUT2D eigenvalue weighted by Crippen LogP contribution is 2.19. The Balaban J connectivity index is 2.08. The molecule has 0 aliphatic carbocycles. The van der Waals surface area contributed by atoms with E-state index in [0.29, 0.717) is 5.56 Å². The second-order valence-corrected chi connectivity index (χ2v) is 7.60. The highest BCUT2D eigenvalue weighted by atomic mass is 32.2. The fourth-order valence-corrected chi connectivity index (χ4v) is 3.40. The van der Waals surface area contributed by atoms with Gasteiger partial charge in [0.2, 0.25) is 5.91 Å². The van der Waals surface area contributed by atoms with Gasteiger partial charge in [-0.25, -0.2) is 8.42 Å². The fraction of sp³-hybridized carbons (Fsp3) is 0.278. The molecule has 24 heavy (non-hydrogen) atoms. The lowest BCUT2D eigenvalue weighted by molar-refractivity contribution is -0.121. The summed E-state index contributed by atoms with van der Waals surface area (Å²) in [7, 11) is -1.76. The molecule has 0 aromatic heterocycles. The molecule has 1 atom stereocenters. The normalized spacial score (nSPS) is 12.5. The number of benzene rings is 2. The first-order valence-electron chi connectivity index (χ1n) is 7.52. The summed E-state index contributed by atoms with van der Waals surface area (Å²) in [5, 5.41) is 2.89. The van der Waals surface area contributed by atoms with Gasteiger partial charge in [0.25, 0.3) is 0 Å². The van der Waals surface area contributed by atoms with E-state index in [1.807, 2.05) is 31.2 Å². The van der Waals surface area contributed by atoms with Gasteiger partial charge in [0.1, 0.15) is 5.75 Å². The molecule has 128 valence electrons. The van der Waals surface area contributed by atoms with Gasteiger partial charge in [-0.2, -0.15) is 0 Å². The number of carbonyl (C=O) groups excluding carboxylic acids is 1. The second kappa shape index (κ2) is 7.49. The monoisotopic (exact) mass is 347 g/mol. The van der Waals surface area contributed by atoms with E-state index >= 15 is 0 Å². The lowest BCUT2D eigenvalue weighted by Gasteiger charge is -2.15. The van der Waals surface area contributed by atoms with Crippen LogP contribution in [-0.4, -0.2) is 27.7 Å². The molecule has 2 aromatic carbocycles. The summed E-state index contributed by atoms with van der Waals surface area (Å²) in [5.41, 5.74) is 1.44. The summed E-state index contributed by atoms with van der Waals surface area (Å²) in [4.78, 5) is 12.5. The van der Waals surface area contributed by atoms with E-state index in [9.17, 15) is 13.2 Å². The van der Waals surface area contributed by atoms with Crippen molar-refractivity contribution in [3.63, 3.8) is 0 Å². The van der Waals surface area contributed by atoms with Crippen molar-refractivity contribution in [3.8, 4) is 5.75 Å². The van der Waals surface area contributed by atoms with Gasteiger partial charge in [-0.3, -0.25) is 4.79 Å². The molecule has 6 heteroatoms. The van der Waals surface area contributed by atoms with E-state index in [-0.39, 0.29) is 23.3 Å². The molecular formula is C18H21NO4S. The topological polar surface area (TPSA) is 72.5 Å². The van der Waals surface area contributed by atoms with Crippen LogP contribution in [0.15, 0.2) is 53.4 Å². The molecule has 0 aliphatic heterocycles. The Kier molecular flexibility index (Phi) is 5.62. The van der Waals surface area contributed by atoms with Crippen molar-refractivity contribution >= 4 is 15.7 Å². The first-order valence-corrected chi connectivity index (χ1v) is 9.41. The number of nitrogens with one attached hydrogen (secondary N) is 1. The molecule has 0 spiro atoms. The SMILES string of the molecule is COc1ccc(C(C)NC(=O)Cc2ccccc2S(C)(=O)=O)cc1. The largest absolute Gasteiger partial charge is 0.497 e. The number of hydrogen-bond donors (Lipinski definition) is 1. The van der Waals surface area contributed by atoms with Gasteiger partial charge in [-0.1, -0.05) is 30.3 Å². The van der Waals surface area contributed by atoms with Gasteiger partial charge in [0.15, 0.2) is 9.84 Å². The Morgan fingerprint density at radius 3 is 2.33 bits per heavy atom. The van der Waals surface area contributed by atoms with Crippen LogP contribution >= 0.6 is 0 Å². The van der Waals surface area contributed by atoms with Crippen molar-refractivity contribution in [2.75, 3.05) is 13.4 Å². The van der Waals surface area contributed by atoms with E-state index in [2.05, 4.69) is 5.32 Å². The van der Waals surface area contributed by atoms with Crippen molar-refractivity contribution in [1.82, 2.24) is 5.32 Å². The predicted molar refractivity (Wildman–Crippen MR) is 92.8 cm³/mol. The van der Waals surface area contributed by atoms with Crippen LogP contribution in [0.25, 0.3) is 0 Å². The number of sulfone groups is 1. The summed E-state index contributed by atoms with van der Waals surface area (Å²) < 4.78 is 28.7. The highest BCUT2D eigenvalue weighted by molar-refractivity contribution is 7.90. The Labute approximate surface area is 142 Å². The maximum atomic E-state index is 12.3. The third-order valence-corrected chi connectivity index (χ3v) is 4.91. The average molecular weight is 347 g/mol. The highest BCUT2D eigenvalue weighted by Gasteiger charge is 2.16. The minimum Gasteiger partial charge on any atom is -0.497 e. The number of rotatable bonds is 6. The molecule has 1 unspecified atom stereocenters. The second-order valence-electron chi connectivity index (χ2n) is 5.62. The molecule has 0 bridgehead atoms. The minimum atomic E-state index is -3.36. The molecule has 0 fully saturated rings. The Morgan fingerprint density at radius 2 is 1.75 bits per heavy atom. The third-order valence-electron chi connectivity index (χ3n) is 3.72. The van der Waals surface area contributed by atoms with Crippen LogP contribution in [-0.2, 0) is 21.1 Å². The van der Waals surface area contributed by atoms with Crippen LogP contribution in [0.4, 0.5) is 0 Å². The summed E-state index contributed by atoms with van der Waals surface area (Å²) in [6, 6.07) is 13.8. The van der Waals surface area contributed by atoms with Crippen molar-refractivity contribution in [3.05, 3.63) is 59.7 Å². The molecule has 0 saturated heterocycles. The molecule has 1 N–H and O–H groups in total. The Hall–Kier alpha value is -2.34. The van der Waals surface area contributed by atoms with Crippen molar-refractivity contribution in [2.45, 2.75) is 24.3 Å². The van der Waals surface area contributed by atoms with Gasteiger partial charge in [-0.15, -0.1) is 0 Å². The standard InChI is InChI=1S/C18H21NO4S/c1-13(14-8-10-16(23-2)11-9-14)19-18(20)12-15-6-4-5-7-17(15)24(3,21)22/h4-11,13H,12H2,1-3H3,(H,19,20). The predicted octanol–water partition coefficient (Wildman–Crippen LogP) is 2.52. The lowest BCUT2D eigenvalue weighted by Crippen LogP contribution is -2.28. The molecule has 0 aliphatic rings. The van der Waals surface area contributed by atoms with Crippen LogP contribution in [0.1, 0.15) is 24.1 Å². The third kappa shape index (κ3) is 4.58. The Morgan fingerprint density at radius 1 is 1.12 bits per heavy atom. The molecule has 1 amide bonds. The Bertz CT molecular complexity index is 813. The minimum absolute atomic E-state index is 0.0176. The molecule has 5 nitrogen and oxygen atoms in total. The molecule has 0 heterocycles. The molecule has 2 aromatic rings. The van der Waals surface area contributed by atoms with Gasteiger partial charge < -0.3 is 10.1 Å². The summed E-state index contributed by atoms with van der Waals surface area (Å²) in [5.74, 6) is 0.522. The molecule has 0 saturated carbocycles. The summed E-state index contributed by atoms with van der Waals surface area (Å²) in [6.45, 7) is 1.88. The maximum absolute atomic E-state index is 12.3. The number of amides is 1. The zero-order chi connectivity index (χ0) is 17.7. The van der Waals surface area contributed by atoms with Crippen molar-refractivity contribution in [2.24, 2.45) is 0 Å². The van der Waals surface area contributed by atoms with Crippen molar-refractivity contribution in [1.29, 1.82) is 0 Å². The lowest BCUT2D eigenvalue weighted by atomic mass is 10.1. The summed E-state index contributed by atoms with van der Waals surface area (Å²) >= 11 is 0. The average Bonchev–Trinajstić information content (AvgIpc) is 2.54. The van der Waals surface area contributed by atoms with E-state index in [0.717, 1.165) is 17.6 Å². The van der Waals surface area contributed by atoms with Crippen LogP contribution in [0.3, 0.4) is 0 Å². The molecular weight excluding hydrogens is 326 g/mol. The smallest absolute Gasteiger partial charge is 0.224 e. The van der Waals surface area contributed by atoms with Crippen LogP contribution in [0.5, 0.6) is 5.75 Å². The summed E-state index contributed by atoms with van der Waals surface area (Å²) in [6.07, 6.45) is 1.16. The van der Waals surface area contributed by atoms with Crippen LogP contribution in [0, 0.1) is 0 Å². The maximum Gasteiger partial charge on any atom is 0.224 e. The van der Waals surface area contributed by atoms with E-state index in [1.165, 1.54) is 6.07 Å². The fourth-order valence-electron chi connectivity index (χ4n) is 2.45. The van der Waals surface area contributed by atoms with Gasteiger partial charge >= 0.3 is 0 Å². The van der Waals surface area contributed by atoms with E-state index < -0.39 is 9.84 Å². The van der Waals surface area contributed by atoms with E-state index in [4.69, 9.17) is 4.74 Å². The molecule has 2 rings (SSSR count). The quantitative estimate of drug-likeness (QED) is 0.871. The zero-order valence-electron chi connectivity index (χ0n) is 13.9. The number of methoxy groups -OCH3 is 1. The number of ether oxygens (including phenoxy) is 1. The molecule has 0 radical (unpaired) electrons. The van der Waals surface area contributed by atoms with Crippen LogP contribution < -0.4 is 10.1 Å². The van der Waals surface area contributed by atoms with Gasteiger partial charge in [0, 0.05) is 6.26 Å². The van der Waals surface area contributed by atoms with E-state index in [1.54, 1.807) is 25.3 Å². The first kappa shape index (κ1) is 18.0. The number of carbonyl (C=O) groups is 1. The first-order chi connectivity index (χ1) is 11.3. The number of hydrogen-bond acceptors (Lipinski definition) is 4. The van der Waals surface area contributed by atoms with Gasteiger partial charge in [0.05, 0.1) is 24.5 Å². The van der Waals surface area contributed by atoms with Crippen molar-refractivity contribution < 1.29 is 17.9 Å². The van der Waals surface area contributed by atoms with Gasteiger partial charge in [-0.05, 0) is 36.2 Å². The zero-order valence-corrected chi connectivity index (χ0v) is 14.8.